The van der Waals surface area contributed by atoms with Gasteiger partial charge in [0.2, 0.25) is 5.91 Å². The summed E-state index contributed by atoms with van der Waals surface area (Å²) in [7, 11) is 0. The van der Waals surface area contributed by atoms with Crippen LogP contribution >= 0.6 is 0 Å². The third kappa shape index (κ3) is 4.79. The summed E-state index contributed by atoms with van der Waals surface area (Å²) in [6, 6.07) is 33.7. The van der Waals surface area contributed by atoms with Crippen LogP contribution in [0.3, 0.4) is 0 Å². The Labute approximate surface area is 216 Å². The molecule has 0 bridgehead atoms. The highest BCUT2D eigenvalue weighted by molar-refractivity contribution is 5.87. The van der Waals surface area contributed by atoms with Crippen LogP contribution in [-0.4, -0.2) is 21.9 Å². The second-order valence-corrected chi connectivity index (χ2v) is 9.86. The molecule has 184 valence electrons. The van der Waals surface area contributed by atoms with Crippen LogP contribution in [0.5, 0.6) is 0 Å². The molecule has 0 N–H and O–H groups in total. The Balaban J connectivity index is 1.37. The third-order valence-corrected chi connectivity index (χ3v) is 7.53. The summed E-state index contributed by atoms with van der Waals surface area (Å²) in [5.41, 5.74) is 6.95. The first-order valence-corrected chi connectivity index (χ1v) is 12.9. The smallest absolute Gasteiger partial charge is 0.223 e. The lowest BCUT2D eigenvalue weighted by molar-refractivity contribution is -0.132. The van der Waals surface area contributed by atoms with E-state index in [0.29, 0.717) is 13.0 Å². The molecule has 1 aliphatic heterocycles. The van der Waals surface area contributed by atoms with Gasteiger partial charge in [-0.3, -0.25) is 4.79 Å². The number of para-hydroxylation sites is 1. The second-order valence-electron chi connectivity index (χ2n) is 9.86. The lowest BCUT2D eigenvalue weighted by atomic mass is 9.87. The molecular formula is C33H29FN2O. The van der Waals surface area contributed by atoms with Crippen LogP contribution in [0.1, 0.15) is 40.2 Å². The highest BCUT2D eigenvalue weighted by Gasteiger charge is 2.27. The molecule has 0 saturated heterocycles. The van der Waals surface area contributed by atoms with Gasteiger partial charge in [-0.15, -0.1) is 0 Å². The molecule has 1 aromatic heterocycles. The predicted octanol–water partition coefficient (Wildman–Crippen LogP) is 6.94. The van der Waals surface area contributed by atoms with Gasteiger partial charge in [0.25, 0.3) is 0 Å². The first kappa shape index (κ1) is 23.2. The van der Waals surface area contributed by atoms with E-state index < -0.39 is 0 Å². The largest absolute Gasteiger partial charge is 0.343 e. The van der Waals surface area contributed by atoms with Crippen molar-refractivity contribution in [2.45, 2.75) is 31.8 Å². The Hall–Kier alpha value is -4.18. The van der Waals surface area contributed by atoms with Gasteiger partial charge in [0, 0.05) is 49.1 Å². The van der Waals surface area contributed by atoms with E-state index in [-0.39, 0.29) is 17.6 Å². The molecule has 1 unspecified atom stereocenters. The maximum absolute atomic E-state index is 13.9. The Morgan fingerprint density at radius 2 is 1.51 bits per heavy atom. The normalized spacial score (nSPS) is 13.9. The number of halogens is 1. The van der Waals surface area contributed by atoms with Gasteiger partial charge in [-0.2, -0.15) is 0 Å². The van der Waals surface area contributed by atoms with Crippen molar-refractivity contribution in [1.29, 1.82) is 0 Å². The standard InChI is InChI=1S/C33H29FN2O/c34-28-16-14-26(15-17-28)30(20-33(37)35-19-18-25-10-4-5-11-27(25)22-35)31-23-36(21-24-8-2-1-3-9-24)32-13-7-6-12-29(31)32/h1-17,23,30H,18-22H2. The fourth-order valence-electron chi connectivity index (χ4n) is 5.58. The summed E-state index contributed by atoms with van der Waals surface area (Å²) < 4.78 is 16.1. The lowest BCUT2D eigenvalue weighted by Gasteiger charge is -2.30. The predicted molar refractivity (Wildman–Crippen MR) is 146 cm³/mol. The van der Waals surface area contributed by atoms with Crippen molar-refractivity contribution in [3.05, 3.63) is 143 Å². The van der Waals surface area contributed by atoms with Crippen molar-refractivity contribution < 1.29 is 9.18 Å². The molecule has 1 atom stereocenters. The van der Waals surface area contributed by atoms with Crippen molar-refractivity contribution in [3.63, 3.8) is 0 Å². The number of hydrogen-bond donors (Lipinski definition) is 0. The maximum atomic E-state index is 13.9. The van der Waals surface area contributed by atoms with Crippen LogP contribution in [0.2, 0.25) is 0 Å². The molecule has 0 fully saturated rings. The van der Waals surface area contributed by atoms with Gasteiger partial charge in [0.05, 0.1) is 0 Å². The number of hydrogen-bond acceptors (Lipinski definition) is 1. The highest BCUT2D eigenvalue weighted by atomic mass is 19.1. The Morgan fingerprint density at radius 1 is 0.811 bits per heavy atom. The van der Waals surface area contributed by atoms with Gasteiger partial charge in [-0.25, -0.2) is 4.39 Å². The number of benzene rings is 4. The van der Waals surface area contributed by atoms with E-state index in [4.69, 9.17) is 0 Å². The lowest BCUT2D eigenvalue weighted by Crippen LogP contribution is -2.36. The second kappa shape index (κ2) is 10.1. The average molecular weight is 489 g/mol. The molecule has 1 aliphatic rings. The van der Waals surface area contributed by atoms with E-state index in [0.717, 1.165) is 41.5 Å². The average Bonchev–Trinajstić information content (AvgIpc) is 3.30. The van der Waals surface area contributed by atoms with Crippen LogP contribution in [-0.2, 0) is 24.3 Å². The van der Waals surface area contributed by atoms with E-state index >= 15 is 0 Å². The minimum atomic E-state index is -0.270. The molecule has 37 heavy (non-hydrogen) atoms. The molecule has 6 rings (SSSR count). The van der Waals surface area contributed by atoms with Crippen LogP contribution < -0.4 is 0 Å². The molecule has 3 nitrogen and oxygen atoms in total. The molecular weight excluding hydrogens is 459 g/mol. The van der Waals surface area contributed by atoms with E-state index in [1.807, 2.05) is 35.2 Å². The van der Waals surface area contributed by atoms with Crippen molar-refractivity contribution in [2.75, 3.05) is 6.54 Å². The van der Waals surface area contributed by atoms with Crippen molar-refractivity contribution in [3.8, 4) is 0 Å². The fourth-order valence-corrected chi connectivity index (χ4v) is 5.58. The minimum absolute atomic E-state index is 0.128. The Bertz CT molecular complexity index is 1540. The summed E-state index contributed by atoms with van der Waals surface area (Å²) >= 11 is 0. The van der Waals surface area contributed by atoms with E-state index in [1.165, 1.54) is 28.8 Å². The third-order valence-electron chi connectivity index (χ3n) is 7.53. The van der Waals surface area contributed by atoms with Crippen molar-refractivity contribution in [2.24, 2.45) is 0 Å². The monoisotopic (exact) mass is 488 g/mol. The number of fused-ring (bicyclic) bond motifs is 2. The number of nitrogens with zero attached hydrogens (tertiary/aromatic N) is 2. The summed E-state index contributed by atoms with van der Waals surface area (Å²) in [6.45, 7) is 2.11. The number of carbonyl (C=O) groups excluding carboxylic acids is 1. The first-order valence-electron chi connectivity index (χ1n) is 12.9. The Morgan fingerprint density at radius 3 is 2.32 bits per heavy atom. The van der Waals surface area contributed by atoms with Crippen molar-refractivity contribution >= 4 is 16.8 Å². The minimum Gasteiger partial charge on any atom is -0.343 e. The zero-order valence-electron chi connectivity index (χ0n) is 20.7. The molecule has 1 amide bonds. The van der Waals surface area contributed by atoms with Gasteiger partial charge in [-0.1, -0.05) is 84.9 Å². The van der Waals surface area contributed by atoms with Crippen LogP contribution in [0.4, 0.5) is 4.39 Å². The summed E-state index contributed by atoms with van der Waals surface area (Å²) in [6.07, 6.45) is 3.40. The van der Waals surface area contributed by atoms with Gasteiger partial charge in [-0.05, 0) is 52.4 Å². The molecule has 4 heteroatoms. The zero-order valence-corrected chi connectivity index (χ0v) is 20.7. The molecule has 2 heterocycles. The number of carbonyl (C=O) groups is 1. The number of rotatable bonds is 6. The first-order chi connectivity index (χ1) is 18.2. The molecule has 0 spiro atoms. The summed E-state index contributed by atoms with van der Waals surface area (Å²) in [5, 5.41) is 1.13. The fraction of sp³-hybridized carbons (Fsp3) is 0.182. The van der Waals surface area contributed by atoms with E-state index in [2.05, 4.69) is 71.4 Å². The summed E-state index contributed by atoms with van der Waals surface area (Å²) in [5.74, 6) is -0.316. The zero-order chi connectivity index (χ0) is 25.2. The number of aromatic nitrogens is 1. The highest BCUT2D eigenvalue weighted by Crippen LogP contribution is 2.36. The van der Waals surface area contributed by atoms with Gasteiger partial charge >= 0.3 is 0 Å². The van der Waals surface area contributed by atoms with E-state index in [9.17, 15) is 9.18 Å². The molecule has 0 saturated carbocycles. The molecule has 5 aromatic rings. The Kier molecular flexibility index (Phi) is 6.32. The molecule has 0 aliphatic carbocycles. The van der Waals surface area contributed by atoms with Crippen LogP contribution in [0, 0.1) is 5.82 Å². The van der Waals surface area contributed by atoms with Gasteiger partial charge in [0.15, 0.2) is 0 Å². The quantitative estimate of drug-likeness (QED) is 0.254. The SMILES string of the molecule is O=C(CC(c1ccc(F)cc1)c1cn(Cc2ccccc2)c2ccccc12)N1CCc2ccccc2C1. The summed E-state index contributed by atoms with van der Waals surface area (Å²) in [4.78, 5) is 15.7. The van der Waals surface area contributed by atoms with Crippen molar-refractivity contribution in [1.82, 2.24) is 9.47 Å². The van der Waals surface area contributed by atoms with Gasteiger partial charge < -0.3 is 9.47 Å². The maximum Gasteiger partial charge on any atom is 0.223 e. The topological polar surface area (TPSA) is 25.2 Å². The van der Waals surface area contributed by atoms with Crippen LogP contribution in [0.25, 0.3) is 10.9 Å². The molecule has 4 aromatic carbocycles. The van der Waals surface area contributed by atoms with Crippen LogP contribution in [0.15, 0.2) is 109 Å². The number of amides is 1. The molecule has 0 radical (unpaired) electrons. The van der Waals surface area contributed by atoms with E-state index in [1.54, 1.807) is 0 Å². The van der Waals surface area contributed by atoms with Gasteiger partial charge in [0.1, 0.15) is 5.82 Å².